The first kappa shape index (κ1) is 10.8. The van der Waals surface area contributed by atoms with Gasteiger partial charge in [0.15, 0.2) is 0 Å². The van der Waals surface area contributed by atoms with Gasteiger partial charge in [-0.1, -0.05) is 0 Å². The molecule has 7 nitrogen and oxygen atoms in total. The van der Waals surface area contributed by atoms with Gasteiger partial charge in [-0.2, -0.15) is 8.42 Å². The van der Waals surface area contributed by atoms with Crippen LogP contribution in [0.4, 0.5) is 0 Å². The molecule has 0 saturated heterocycles. The summed E-state index contributed by atoms with van der Waals surface area (Å²) >= 11 is 0. The second-order valence-electron chi connectivity index (χ2n) is 1.97. The van der Waals surface area contributed by atoms with E-state index in [0.717, 1.165) is 0 Å². The molecule has 0 rings (SSSR count). The van der Waals surface area contributed by atoms with Crippen molar-refractivity contribution in [2.75, 3.05) is 0 Å². The molecule has 0 aromatic heterocycles. The van der Waals surface area contributed by atoms with Crippen LogP contribution in [0.15, 0.2) is 0 Å². The zero-order valence-corrected chi connectivity index (χ0v) is 6.80. The smallest absolute Gasteiger partial charge is 0.359 e. The van der Waals surface area contributed by atoms with Gasteiger partial charge >= 0.3 is 10.3 Å². The summed E-state index contributed by atoms with van der Waals surface area (Å²) in [6.45, 7) is 0. The van der Waals surface area contributed by atoms with E-state index in [4.69, 9.17) is 4.55 Å². The Balaban J connectivity index is 3.84. The molecule has 0 unspecified atom stereocenters. The van der Waals surface area contributed by atoms with Gasteiger partial charge < -0.3 is 5.73 Å². The number of carbonyl (C=O) groups excluding carboxylic acids is 2. The van der Waals surface area contributed by atoms with Gasteiger partial charge in [0.2, 0.25) is 11.8 Å². The zero-order valence-electron chi connectivity index (χ0n) is 5.98. The van der Waals surface area contributed by atoms with Crippen LogP contribution in [0.25, 0.3) is 0 Å². The fraction of sp³-hybridized carbons (Fsp3) is 0.500. The minimum atomic E-state index is -4.52. The molecule has 2 amide bonds. The summed E-state index contributed by atoms with van der Waals surface area (Å²) in [7, 11) is -4.52. The van der Waals surface area contributed by atoms with Crippen molar-refractivity contribution < 1.29 is 22.6 Å². The number of nitrogens with two attached hydrogens (primary N) is 1. The van der Waals surface area contributed by atoms with E-state index in [9.17, 15) is 18.0 Å². The second kappa shape index (κ2) is 4.02. The van der Waals surface area contributed by atoms with Crippen molar-refractivity contribution in [1.82, 2.24) is 4.72 Å². The molecule has 0 atom stereocenters. The zero-order chi connectivity index (χ0) is 9.78. The molecule has 0 aromatic rings. The van der Waals surface area contributed by atoms with E-state index >= 15 is 0 Å². The Morgan fingerprint density at radius 3 is 2.17 bits per heavy atom. The largest absolute Gasteiger partial charge is 0.370 e. The van der Waals surface area contributed by atoms with Gasteiger partial charge in [0, 0.05) is 12.8 Å². The number of primary amides is 1. The fourth-order valence-corrected chi connectivity index (χ4v) is 0.821. The minimum Gasteiger partial charge on any atom is -0.370 e. The molecule has 0 aliphatic carbocycles. The molecule has 70 valence electrons. The molecule has 4 N–H and O–H groups in total. The summed E-state index contributed by atoms with van der Waals surface area (Å²) in [5, 5.41) is 0. The quantitative estimate of drug-likeness (QED) is 0.456. The molecule has 0 spiro atoms. The highest BCUT2D eigenvalue weighted by atomic mass is 32.2. The molecule has 0 aliphatic heterocycles. The topological polar surface area (TPSA) is 127 Å². The third-order valence-corrected chi connectivity index (χ3v) is 1.33. The van der Waals surface area contributed by atoms with E-state index in [0.29, 0.717) is 0 Å². The lowest BCUT2D eigenvalue weighted by atomic mass is 10.3. The van der Waals surface area contributed by atoms with E-state index in [2.05, 4.69) is 5.73 Å². The summed E-state index contributed by atoms with van der Waals surface area (Å²) in [4.78, 5) is 20.6. The minimum absolute atomic E-state index is 0.263. The van der Waals surface area contributed by atoms with Gasteiger partial charge in [-0.15, -0.1) is 0 Å². The SMILES string of the molecule is NC(=O)CCC(=O)NS(=O)(=O)O. The maximum Gasteiger partial charge on any atom is 0.359 e. The highest BCUT2D eigenvalue weighted by molar-refractivity contribution is 7.84. The molecule has 0 radical (unpaired) electrons. The van der Waals surface area contributed by atoms with Crippen molar-refractivity contribution in [2.24, 2.45) is 5.73 Å². The first-order chi connectivity index (χ1) is 5.31. The van der Waals surface area contributed by atoms with Gasteiger partial charge in [0.1, 0.15) is 0 Å². The van der Waals surface area contributed by atoms with Crippen LogP contribution in [0, 0.1) is 0 Å². The normalized spacial score (nSPS) is 10.8. The fourth-order valence-electron chi connectivity index (χ4n) is 0.432. The Bertz CT molecular complexity index is 282. The highest BCUT2D eigenvalue weighted by Crippen LogP contribution is 1.88. The number of hydrogen-bond donors (Lipinski definition) is 3. The van der Waals surface area contributed by atoms with Crippen molar-refractivity contribution in [3.63, 3.8) is 0 Å². The van der Waals surface area contributed by atoms with Crippen LogP contribution in [-0.2, 0) is 19.9 Å². The lowest BCUT2D eigenvalue weighted by Crippen LogP contribution is -2.30. The summed E-state index contributed by atoms with van der Waals surface area (Å²) in [6, 6.07) is 0. The highest BCUT2D eigenvalue weighted by Gasteiger charge is 2.10. The number of amides is 2. The van der Waals surface area contributed by atoms with Crippen molar-refractivity contribution >= 4 is 22.1 Å². The van der Waals surface area contributed by atoms with E-state index in [1.165, 1.54) is 4.72 Å². The molecule has 0 heterocycles. The Kier molecular flexibility index (Phi) is 3.64. The predicted octanol–water partition coefficient (Wildman–Crippen LogP) is -1.83. The van der Waals surface area contributed by atoms with Gasteiger partial charge in [-0.25, -0.2) is 4.72 Å². The first-order valence-electron chi connectivity index (χ1n) is 2.87. The van der Waals surface area contributed by atoms with E-state index in [-0.39, 0.29) is 12.8 Å². The van der Waals surface area contributed by atoms with Crippen LogP contribution in [0.2, 0.25) is 0 Å². The number of nitrogens with one attached hydrogen (secondary N) is 1. The Morgan fingerprint density at radius 1 is 1.33 bits per heavy atom. The molecular formula is C4H8N2O5S. The molecule has 0 saturated carbocycles. The Hall–Kier alpha value is -1.15. The molecule has 0 bridgehead atoms. The number of hydrogen-bond acceptors (Lipinski definition) is 4. The third kappa shape index (κ3) is 6.96. The Morgan fingerprint density at radius 2 is 1.83 bits per heavy atom. The van der Waals surface area contributed by atoms with Gasteiger partial charge in [0.25, 0.3) is 0 Å². The summed E-state index contributed by atoms with van der Waals surface area (Å²) in [5.74, 6) is -1.70. The lowest BCUT2D eigenvalue weighted by Gasteiger charge is -1.98. The number of carbonyl (C=O) groups is 2. The molecule has 0 aliphatic rings. The summed E-state index contributed by atoms with van der Waals surface area (Å²) < 4.78 is 29.3. The average molecular weight is 196 g/mol. The second-order valence-corrected chi connectivity index (χ2v) is 3.12. The van der Waals surface area contributed by atoms with Crippen molar-refractivity contribution in [3.8, 4) is 0 Å². The van der Waals surface area contributed by atoms with E-state index in [1.54, 1.807) is 0 Å². The maximum absolute atomic E-state index is 10.5. The summed E-state index contributed by atoms with van der Waals surface area (Å²) in [5.41, 5.74) is 4.67. The molecule has 8 heteroatoms. The van der Waals surface area contributed by atoms with Crippen LogP contribution in [0.3, 0.4) is 0 Å². The molecule has 0 aromatic carbocycles. The van der Waals surface area contributed by atoms with Crippen LogP contribution < -0.4 is 10.5 Å². The van der Waals surface area contributed by atoms with E-state index < -0.39 is 22.1 Å². The van der Waals surface area contributed by atoms with Crippen molar-refractivity contribution in [2.45, 2.75) is 12.8 Å². The molecular weight excluding hydrogens is 188 g/mol. The van der Waals surface area contributed by atoms with E-state index in [1.807, 2.05) is 0 Å². The van der Waals surface area contributed by atoms with Crippen LogP contribution in [0.5, 0.6) is 0 Å². The average Bonchev–Trinajstić information content (AvgIpc) is 1.79. The van der Waals surface area contributed by atoms with Crippen molar-refractivity contribution in [1.29, 1.82) is 0 Å². The van der Waals surface area contributed by atoms with Gasteiger partial charge in [-0.3, -0.25) is 14.1 Å². The molecule has 12 heavy (non-hydrogen) atoms. The third-order valence-electron chi connectivity index (χ3n) is 0.841. The van der Waals surface area contributed by atoms with Crippen LogP contribution in [-0.4, -0.2) is 24.8 Å². The van der Waals surface area contributed by atoms with Crippen LogP contribution in [0.1, 0.15) is 12.8 Å². The van der Waals surface area contributed by atoms with Crippen molar-refractivity contribution in [3.05, 3.63) is 0 Å². The number of rotatable bonds is 4. The van der Waals surface area contributed by atoms with Gasteiger partial charge in [0.05, 0.1) is 0 Å². The molecule has 0 fully saturated rings. The first-order valence-corrected chi connectivity index (χ1v) is 4.31. The van der Waals surface area contributed by atoms with Gasteiger partial charge in [-0.05, 0) is 0 Å². The Labute approximate surface area is 68.8 Å². The monoisotopic (exact) mass is 196 g/mol. The summed E-state index contributed by atoms with van der Waals surface area (Å²) in [6.07, 6.45) is -0.628. The lowest BCUT2D eigenvalue weighted by molar-refractivity contribution is -0.124. The predicted molar refractivity (Wildman–Crippen MR) is 38.1 cm³/mol. The van der Waals surface area contributed by atoms with Crippen LogP contribution >= 0.6 is 0 Å². The standard InChI is InChI=1S/C4H8N2O5S/c5-3(7)1-2-4(8)6-12(9,10)11/h1-2H2,(H2,5,7)(H,6,8)(H,9,10,11). The maximum atomic E-state index is 10.5.